The molecule has 7 heteroatoms. The van der Waals surface area contributed by atoms with Gasteiger partial charge in [0, 0.05) is 23.2 Å². The van der Waals surface area contributed by atoms with Crippen LogP contribution in [0.25, 0.3) is 0 Å². The molecular formula is C11H15Cl2NO3S. The minimum Gasteiger partial charge on any atom is -0.384 e. The lowest BCUT2D eigenvalue weighted by atomic mass is 10.1. The van der Waals surface area contributed by atoms with E-state index in [1.807, 2.05) is 0 Å². The Morgan fingerprint density at radius 3 is 2.61 bits per heavy atom. The van der Waals surface area contributed by atoms with Gasteiger partial charge in [-0.15, -0.1) is 0 Å². The summed E-state index contributed by atoms with van der Waals surface area (Å²) in [7, 11) is -1.93. The van der Waals surface area contributed by atoms with Crippen molar-refractivity contribution < 1.29 is 13.2 Å². The van der Waals surface area contributed by atoms with Gasteiger partial charge < -0.3 is 4.74 Å². The second-order valence-corrected chi connectivity index (χ2v) is 6.53. The van der Waals surface area contributed by atoms with Gasteiger partial charge >= 0.3 is 0 Å². The zero-order valence-electron chi connectivity index (χ0n) is 10.1. The number of sulfonamides is 1. The molecule has 0 bridgehead atoms. The number of benzene rings is 1. The molecule has 0 aromatic heterocycles. The lowest BCUT2D eigenvalue weighted by Gasteiger charge is -2.16. The first kappa shape index (κ1) is 15.7. The fourth-order valence-corrected chi connectivity index (χ4v) is 3.18. The Bertz CT molecular complexity index is 505. The van der Waals surface area contributed by atoms with E-state index < -0.39 is 16.1 Å². The molecule has 0 heterocycles. The van der Waals surface area contributed by atoms with Gasteiger partial charge in [0.1, 0.15) is 0 Å². The molecule has 1 N–H and O–H groups in total. The van der Waals surface area contributed by atoms with E-state index in [9.17, 15) is 8.42 Å². The largest absolute Gasteiger partial charge is 0.384 e. The highest BCUT2D eigenvalue weighted by Gasteiger charge is 2.17. The first-order valence-corrected chi connectivity index (χ1v) is 7.70. The fraction of sp³-hybridized carbons (Fsp3) is 0.455. The van der Waals surface area contributed by atoms with Crippen molar-refractivity contribution in [3.8, 4) is 0 Å². The number of hydrogen-bond donors (Lipinski definition) is 1. The molecule has 18 heavy (non-hydrogen) atoms. The average Bonchev–Trinajstić information content (AvgIpc) is 2.25. The Morgan fingerprint density at radius 1 is 1.39 bits per heavy atom. The fourth-order valence-electron chi connectivity index (χ4n) is 1.44. The average molecular weight is 312 g/mol. The standard InChI is InChI=1S/C11H15Cl2NO3S/c1-8(14-18(15,16)6-5-17-2)10-4-3-9(12)7-11(10)13/h3-4,7-8,14H,5-6H2,1-2H3/t8-/m0/s1. The highest BCUT2D eigenvalue weighted by molar-refractivity contribution is 7.89. The molecule has 4 nitrogen and oxygen atoms in total. The van der Waals surface area contributed by atoms with E-state index in [2.05, 4.69) is 4.72 Å². The van der Waals surface area contributed by atoms with Crippen molar-refractivity contribution in [3.05, 3.63) is 33.8 Å². The maximum absolute atomic E-state index is 11.7. The monoisotopic (exact) mass is 311 g/mol. The van der Waals surface area contributed by atoms with Crippen LogP contribution < -0.4 is 4.72 Å². The van der Waals surface area contributed by atoms with Crippen molar-refractivity contribution in [2.24, 2.45) is 0 Å². The molecule has 0 saturated heterocycles. The summed E-state index contributed by atoms with van der Waals surface area (Å²) in [6.07, 6.45) is 0. The zero-order chi connectivity index (χ0) is 13.8. The summed E-state index contributed by atoms with van der Waals surface area (Å²) in [5, 5.41) is 0.947. The van der Waals surface area contributed by atoms with Gasteiger partial charge in [0.15, 0.2) is 0 Å². The van der Waals surface area contributed by atoms with Crippen molar-refractivity contribution in [1.82, 2.24) is 4.72 Å². The number of hydrogen-bond acceptors (Lipinski definition) is 3. The van der Waals surface area contributed by atoms with Crippen molar-refractivity contribution in [3.63, 3.8) is 0 Å². The molecular weight excluding hydrogens is 297 g/mol. The van der Waals surface area contributed by atoms with Crippen LogP contribution in [-0.2, 0) is 14.8 Å². The van der Waals surface area contributed by atoms with Gasteiger partial charge in [-0.3, -0.25) is 0 Å². The SMILES string of the molecule is COCCS(=O)(=O)N[C@@H](C)c1ccc(Cl)cc1Cl. The van der Waals surface area contributed by atoms with Gasteiger partial charge in [0.2, 0.25) is 10.0 Å². The lowest BCUT2D eigenvalue weighted by molar-refractivity contribution is 0.216. The Hall–Kier alpha value is -0.330. The van der Waals surface area contributed by atoms with Crippen molar-refractivity contribution in [1.29, 1.82) is 0 Å². The lowest BCUT2D eigenvalue weighted by Crippen LogP contribution is -2.30. The van der Waals surface area contributed by atoms with Crippen LogP contribution in [0.3, 0.4) is 0 Å². The zero-order valence-corrected chi connectivity index (χ0v) is 12.4. The molecule has 102 valence electrons. The van der Waals surface area contributed by atoms with Gasteiger partial charge in [-0.1, -0.05) is 29.3 Å². The first-order valence-electron chi connectivity index (χ1n) is 5.29. The molecule has 0 spiro atoms. The molecule has 1 atom stereocenters. The molecule has 0 aliphatic carbocycles. The van der Waals surface area contributed by atoms with Gasteiger partial charge in [0.05, 0.1) is 12.4 Å². The van der Waals surface area contributed by atoms with Crippen molar-refractivity contribution in [2.45, 2.75) is 13.0 Å². The number of halogens is 2. The summed E-state index contributed by atoms with van der Waals surface area (Å²) >= 11 is 11.8. The Kier molecular flexibility index (Phi) is 5.88. The second kappa shape index (κ2) is 6.73. The highest BCUT2D eigenvalue weighted by Crippen LogP contribution is 2.26. The van der Waals surface area contributed by atoms with E-state index in [1.165, 1.54) is 7.11 Å². The molecule has 1 aromatic carbocycles. The van der Waals surface area contributed by atoms with E-state index in [-0.39, 0.29) is 12.4 Å². The van der Waals surface area contributed by atoms with Gasteiger partial charge in [-0.05, 0) is 24.6 Å². The summed E-state index contributed by atoms with van der Waals surface area (Å²) in [6.45, 7) is 1.87. The van der Waals surface area contributed by atoms with E-state index in [0.717, 1.165) is 0 Å². The predicted molar refractivity (Wildman–Crippen MR) is 73.7 cm³/mol. The van der Waals surface area contributed by atoms with E-state index in [1.54, 1.807) is 25.1 Å². The van der Waals surface area contributed by atoms with Gasteiger partial charge in [-0.2, -0.15) is 0 Å². The predicted octanol–water partition coefficient (Wildman–Crippen LogP) is 2.62. The van der Waals surface area contributed by atoms with Gasteiger partial charge in [-0.25, -0.2) is 13.1 Å². The number of methoxy groups -OCH3 is 1. The number of nitrogens with one attached hydrogen (secondary N) is 1. The maximum atomic E-state index is 11.7. The second-order valence-electron chi connectivity index (χ2n) is 3.82. The minimum absolute atomic E-state index is 0.0843. The quantitative estimate of drug-likeness (QED) is 0.878. The summed E-state index contributed by atoms with van der Waals surface area (Å²) < 4.78 is 30.7. The van der Waals surface area contributed by atoms with Crippen LogP contribution in [0.15, 0.2) is 18.2 Å². The molecule has 0 amide bonds. The topological polar surface area (TPSA) is 55.4 Å². The van der Waals surface area contributed by atoms with Crippen LogP contribution in [-0.4, -0.2) is 27.9 Å². The molecule has 1 aromatic rings. The van der Waals surface area contributed by atoms with Gasteiger partial charge in [0.25, 0.3) is 0 Å². The van der Waals surface area contributed by atoms with Crippen LogP contribution in [0.4, 0.5) is 0 Å². The summed E-state index contributed by atoms with van der Waals surface area (Å²) in [4.78, 5) is 0. The van der Waals surface area contributed by atoms with Crippen molar-refractivity contribution >= 4 is 33.2 Å². The molecule has 0 unspecified atom stereocenters. The molecule has 0 radical (unpaired) electrons. The van der Waals surface area contributed by atoms with Crippen LogP contribution in [0, 0.1) is 0 Å². The summed E-state index contributed by atoms with van der Waals surface area (Å²) in [5.41, 5.74) is 0.682. The highest BCUT2D eigenvalue weighted by atomic mass is 35.5. The van der Waals surface area contributed by atoms with Crippen LogP contribution in [0.2, 0.25) is 10.0 Å². The summed E-state index contributed by atoms with van der Waals surface area (Å²) in [6, 6.07) is 4.53. The third kappa shape index (κ3) is 4.74. The van der Waals surface area contributed by atoms with E-state index in [4.69, 9.17) is 27.9 Å². The first-order chi connectivity index (χ1) is 8.35. The third-order valence-corrected chi connectivity index (χ3v) is 4.32. The molecule has 0 aliphatic rings. The Morgan fingerprint density at radius 2 is 2.06 bits per heavy atom. The Balaban J connectivity index is 2.79. The smallest absolute Gasteiger partial charge is 0.214 e. The maximum Gasteiger partial charge on any atom is 0.214 e. The van der Waals surface area contributed by atoms with Crippen LogP contribution in [0.1, 0.15) is 18.5 Å². The molecule has 0 fully saturated rings. The minimum atomic E-state index is -3.38. The Labute approximate surface area is 117 Å². The number of ether oxygens (including phenoxy) is 1. The summed E-state index contributed by atoms with van der Waals surface area (Å²) in [5.74, 6) is -0.0843. The van der Waals surface area contributed by atoms with E-state index >= 15 is 0 Å². The number of rotatable bonds is 6. The molecule has 0 aliphatic heterocycles. The molecule has 0 saturated carbocycles. The van der Waals surface area contributed by atoms with E-state index in [0.29, 0.717) is 15.6 Å². The van der Waals surface area contributed by atoms with Crippen molar-refractivity contribution in [2.75, 3.05) is 19.5 Å². The molecule has 1 rings (SSSR count). The van der Waals surface area contributed by atoms with Crippen LogP contribution in [0.5, 0.6) is 0 Å². The van der Waals surface area contributed by atoms with Crippen LogP contribution >= 0.6 is 23.2 Å². The normalized spacial score (nSPS) is 13.6. The third-order valence-electron chi connectivity index (χ3n) is 2.34.